The Bertz CT molecular complexity index is 764. The number of hydrogen-bond donors (Lipinski definition) is 2. The van der Waals surface area contributed by atoms with Crippen LogP contribution in [0.25, 0.3) is 0 Å². The van der Waals surface area contributed by atoms with Gasteiger partial charge >= 0.3 is 0 Å². The summed E-state index contributed by atoms with van der Waals surface area (Å²) in [5, 5.41) is 10.9. The first-order valence-corrected chi connectivity index (χ1v) is 10.9. The second-order valence-electron chi connectivity index (χ2n) is 10.2. The largest absolute Gasteiger partial charge is 0.507 e. The second-order valence-corrected chi connectivity index (χ2v) is 12.0. The van der Waals surface area contributed by atoms with Crippen molar-refractivity contribution in [2.75, 3.05) is 6.26 Å². The van der Waals surface area contributed by atoms with Gasteiger partial charge < -0.3 is 5.11 Å². The van der Waals surface area contributed by atoms with Crippen molar-refractivity contribution in [2.45, 2.75) is 84.2 Å². The van der Waals surface area contributed by atoms with Crippen molar-refractivity contribution < 1.29 is 13.5 Å². The number of nitrogens with zero attached hydrogens (tertiary/aromatic N) is 1. The van der Waals surface area contributed by atoms with Crippen molar-refractivity contribution in [3.05, 3.63) is 28.8 Å². The minimum Gasteiger partial charge on any atom is -0.507 e. The van der Waals surface area contributed by atoms with Gasteiger partial charge in [-0.3, -0.25) is 0 Å². The van der Waals surface area contributed by atoms with E-state index in [2.05, 4.69) is 47.0 Å². The first-order valence-electron chi connectivity index (χ1n) is 9.09. The molecule has 1 saturated heterocycles. The Hall–Kier alpha value is -1.11. The molecule has 1 aliphatic rings. The summed E-state index contributed by atoms with van der Waals surface area (Å²) in [5.74, 6) is 0.339. The molecular weight excluding hydrogens is 348 g/mol. The molecule has 5 nitrogen and oxygen atoms in total. The normalized spacial score (nSPS) is 22.0. The van der Waals surface area contributed by atoms with Gasteiger partial charge in [-0.05, 0) is 59.9 Å². The van der Waals surface area contributed by atoms with E-state index in [1.807, 2.05) is 26.0 Å². The molecule has 0 saturated carbocycles. The molecule has 26 heavy (non-hydrogen) atoms. The molecule has 1 fully saturated rings. The molecule has 148 valence electrons. The first kappa shape index (κ1) is 21.2. The number of hydrogen-bond acceptors (Lipinski definition) is 4. The summed E-state index contributed by atoms with van der Waals surface area (Å²) in [7, 11) is -3.36. The van der Waals surface area contributed by atoms with Crippen LogP contribution in [0.3, 0.4) is 0 Å². The molecule has 0 aromatic heterocycles. The lowest BCUT2D eigenvalue weighted by Gasteiger charge is -2.29. The van der Waals surface area contributed by atoms with Crippen molar-refractivity contribution in [2.24, 2.45) is 0 Å². The molecule has 1 aliphatic heterocycles. The predicted molar refractivity (Wildman–Crippen MR) is 107 cm³/mol. The average molecular weight is 383 g/mol. The molecule has 0 bridgehead atoms. The molecule has 0 radical (unpaired) electrons. The topological polar surface area (TPSA) is 69.6 Å². The van der Waals surface area contributed by atoms with E-state index < -0.39 is 15.6 Å². The average Bonchev–Trinajstić information content (AvgIpc) is 2.72. The summed E-state index contributed by atoms with van der Waals surface area (Å²) in [6.45, 7) is 16.3. The van der Waals surface area contributed by atoms with Gasteiger partial charge in [0.25, 0.3) is 0 Å². The lowest BCUT2D eigenvalue weighted by atomic mass is 9.77. The van der Waals surface area contributed by atoms with Crippen LogP contribution in [0.5, 0.6) is 5.75 Å². The third-order valence-corrected chi connectivity index (χ3v) is 6.27. The second kappa shape index (κ2) is 6.21. The van der Waals surface area contributed by atoms with E-state index >= 15 is 0 Å². The van der Waals surface area contributed by atoms with Crippen LogP contribution in [0.15, 0.2) is 12.1 Å². The Kier molecular flexibility index (Phi) is 5.06. The predicted octanol–water partition coefficient (Wildman–Crippen LogP) is 3.98. The van der Waals surface area contributed by atoms with Gasteiger partial charge in [-0.2, -0.15) is 0 Å². The molecule has 2 rings (SSSR count). The van der Waals surface area contributed by atoms with Gasteiger partial charge in [-0.15, -0.1) is 4.41 Å². The number of hydrazine groups is 1. The number of rotatable bonds is 2. The summed E-state index contributed by atoms with van der Waals surface area (Å²) >= 11 is 0. The molecule has 0 aliphatic carbocycles. The maximum absolute atomic E-state index is 12.2. The molecular formula is C20H34N2O3S. The standard InChI is InChI=1S/C20H34N2O3S/c1-18(2,3)14-10-13(11-15(17(14)23)19(4,5)6)16-12-20(7,8)22(21-16)26(9,24)25/h10-11,16,21,23H,12H2,1-9H3. The molecule has 6 heteroatoms. The van der Waals surface area contributed by atoms with Crippen molar-refractivity contribution in [3.8, 4) is 5.75 Å². The molecule has 1 heterocycles. The van der Waals surface area contributed by atoms with Gasteiger partial charge in [0.2, 0.25) is 10.0 Å². The zero-order valence-electron chi connectivity index (χ0n) is 17.6. The number of phenolic OH excluding ortho intramolecular Hbond substituents is 1. The van der Waals surface area contributed by atoms with Gasteiger partial charge in [0.15, 0.2) is 0 Å². The Labute approximate surface area is 158 Å². The van der Waals surface area contributed by atoms with Crippen LogP contribution >= 0.6 is 0 Å². The van der Waals surface area contributed by atoms with Crippen LogP contribution in [0, 0.1) is 0 Å². The monoisotopic (exact) mass is 382 g/mol. The lowest BCUT2D eigenvalue weighted by Crippen LogP contribution is -2.47. The van der Waals surface area contributed by atoms with E-state index in [0.29, 0.717) is 12.2 Å². The third kappa shape index (κ3) is 4.07. The maximum atomic E-state index is 12.2. The number of nitrogens with one attached hydrogen (secondary N) is 1. The van der Waals surface area contributed by atoms with Gasteiger partial charge in [0.1, 0.15) is 5.75 Å². The minimum atomic E-state index is -3.36. The molecule has 0 spiro atoms. The number of phenols is 1. The molecule has 1 unspecified atom stereocenters. The summed E-state index contributed by atoms with van der Waals surface area (Å²) < 4.78 is 25.7. The van der Waals surface area contributed by atoms with Crippen molar-refractivity contribution >= 4 is 10.0 Å². The van der Waals surface area contributed by atoms with E-state index in [4.69, 9.17) is 0 Å². The van der Waals surface area contributed by atoms with E-state index in [9.17, 15) is 13.5 Å². The SMILES string of the molecule is CC(C)(C)c1cc(C2CC(C)(C)N(S(C)(=O)=O)N2)cc(C(C)(C)C)c1O. The number of sulfonamides is 1. The van der Waals surface area contributed by atoms with E-state index in [1.165, 1.54) is 10.7 Å². The summed E-state index contributed by atoms with van der Waals surface area (Å²) in [4.78, 5) is 0. The number of aromatic hydroxyl groups is 1. The molecule has 1 aromatic rings. The Morgan fingerprint density at radius 2 is 1.50 bits per heavy atom. The van der Waals surface area contributed by atoms with Crippen LogP contribution in [0.2, 0.25) is 0 Å². The van der Waals surface area contributed by atoms with Gasteiger partial charge in [-0.1, -0.05) is 41.5 Å². The lowest BCUT2D eigenvalue weighted by molar-refractivity contribution is 0.240. The van der Waals surface area contributed by atoms with Crippen LogP contribution in [-0.2, 0) is 20.9 Å². The van der Waals surface area contributed by atoms with Crippen molar-refractivity contribution in [1.29, 1.82) is 0 Å². The smallest absolute Gasteiger partial charge is 0.224 e. The number of benzene rings is 1. The van der Waals surface area contributed by atoms with Crippen molar-refractivity contribution in [1.82, 2.24) is 9.84 Å². The van der Waals surface area contributed by atoms with E-state index in [1.54, 1.807) is 0 Å². The quantitative estimate of drug-likeness (QED) is 0.812. The van der Waals surface area contributed by atoms with Gasteiger partial charge in [0, 0.05) is 11.6 Å². The molecule has 2 N–H and O–H groups in total. The van der Waals surface area contributed by atoms with Crippen LogP contribution in [0.1, 0.15) is 84.5 Å². The maximum Gasteiger partial charge on any atom is 0.224 e. The fraction of sp³-hybridized carbons (Fsp3) is 0.700. The Morgan fingerprint density at radius 3 is 1.81 bits per heavy atom. The van der Waals surface area contributed by atoms with E-state index in [0.717, 1.165) is 16.7 Å². The van der Waals surface area contributed by atoms with Crippen LogP contribution in [0.4, 0.5) is 0 Å². The minimum absolute atomic E-state index is 0.123. The zero-order chi connectivity index (χ0) is 20.3. The van der Waals surface area contributed by atoms with Crippen LogP contribution < -0.4 is 5.43 Å². The van der Waals surface area contributed by atoms with Crippen molar-refractivity contribution in [3.63, 3.8) is 0 Å². The highest BCUT2D eigenvalue weighted by molar-refractivity contribution is 7.88. The highest BCUT2D eigenvalue weighted by Crippen LogP contribution is 2.43. The summed E-state index contributed by atoms with van der Waals surface area (Å²) in [6, 6.07) is 3.91. The zero-order valence-corrected chi connectivity index (χ0v) is 18.4. The van der Waals surface area contributed by atoms with E-state index in [-0.39, 0.29) is 16.9 Å². The highest BCUT2D eigenvalue weighted by atomic mass is 32.2. The van der Waals surface area contributed by atoms with Crippen LogP contribution in [-0.4, -0.2) is 29.7 Å². The Morgan fingerprint density at radius 1 is 1.08 bits per heavy atom. The summed E-state index contributed by atoms with van der Waals surface area (Å²) in [6.07, 6.45) is 1.89. The molecule has 0 amide bonds. The summed E-state index contributed by atoms with van der Waals surface area (Å²) in [5.41, 5.74) is 5.01. The molecule has 1 atom stereocenters. The first-order chi connectivity index (χ1) is 11.4. The fourth-order valence-electron chi connectivity index (χ4n) is 3.68. The van der Waals surface area contributed by atoms with Gasteiger partial charge in [0.05, 0.1) is 6.26 Å². The highest BCUT2D eigenvalue weighted by Gasteiger charge is 2.44. The van der Waals surface area contributed by atoms with Gasteiger partial charge in [-0.25, -0.2) is 13.8 Å². The molecule has 1 aromatic carbocycles. The third-order valence-electron chi connectivity index (χ3n) is 5.01. The fourth-order valence-corrected chi connectivity index (χ4v) is 4.97. The Balaban J connectivity index is 2.61.